The normalized spacial score (nSPS) is 17.3. The average molecular weight is 1110 g/mol. The van der Waals surface area contributed by atoms with Gasteiger partial charge < -0.3 is 38.7 Å². The SMILES string of the molecule is C[C@@H](O)c1cccc([C@@H]2c3ccccc3-c3cncn32)c1.C[C@@H](O)c1cccc([C@H]2c3ccccc3-c3cncn32)c1.C[C@H](O)c1cccc([C@@H]2c3ccccc3-c3cncn32)c1.C[C@H](O)c1cccc([C@H]2c3ccccc3-c3cncn32)c1. The zero-order valence-corrected chi connectivity index (χ0v) is 47.1. The molecule has 8 heterocycles. The lowest BCUT2D eigenvalue weighted by molar-refractivity contribution is 0.199. The van der Waals surface area contributed by atoms with E-state index in [0.717, 1.165) is 45.0 Å². The van der Waals surface area contributed by atoms with Crippen LogP contribution < -0.4 is 0 Å². The molecule has 4 aromatic heterocycles. The highest BCUT2D eigenvalue weighted by Gasteiger charge is 2.33. The lowest BCUT2D eigenvalue weighted by atomic mass is 9.95. The van der Waals surface area contributed by atoms with E-state index in [1.807, 2.05) is 98.6 Å². The quantitative estimate of drug-likeness (QED) is 0.117. The molecule has 16 rings (SSSR count). The molecular formula is C72H64N8O4. The molecule has 0 saturated heterocycles. The molecule has 4 aliphatic rings. The first kappa shape index (κ1) is 53.7. The van der Waals surface area contributed by atoms with E-state index in [1.165, 1.54) is 66.8 Å². The molecule has 0 amide bonds. The van der Waals surface area contributed by atoms with Crippen molar-refractivity contribution >= 4 is 0 Å². The van der Waals surface area contributed by atoms with Crippen LogP contribution in [0.1, 0.15) is 143 Å². The van der Waals surface area contributed by atoms with Gasteiger partial charge in [0.2, 0.25) is 0 Å². The topological polar surface area (TPSA) is 152 Å². The summed E-state index contributed by atoms with van der Waals surface area (Å²) in [6, 6.07) is 67.0. The molecule has 8 atom stereocenters. The highest BCUT2D eigenvalue weighted by atomic mass is 16.3. The molecule has 84 heavy (non-hydrogen) atoms. The van der Waals surface area contributed by atoms with Gasteiger partial charge in [0.05, 0.1) is 121 Å². The average Bonchev–Trinajstić information content (AvgIpc) is 3.62. The number of hydrogen-bond donors (Lipinski definition) is 4. The van der Waals surface area contributed by atoms with Gasteiger partial charge in [-0.3, -0.25) is 0 Å². The number of aliphatic hydroxyl groups excluding tert-OH is 4. The first-order chi connectivity index (χ1) is 41.0. The Morgan fingerprint density at radius 2 is 0.500 bits per heavy atom. The van der Waals surface area contributed by atoms with E-state index < -0.39 is 24.4 Å². The number of hydrogen-bond acceptors (Lipinski definition) is 8. The van der Waals surface area contributed by atoms with Crippen molar-refractivity contribution in [3.63, 3.8) is 0 Å². The maximum atomic E-state index is 9.82. The second kappa shape index (κ2) is 22.6. The third kappa shape index (κ3) is 9.78. The number of rotatable bonds is 8. The smallest absolute Gasteiger partial charge is 0.0959 e. The van der Waals surface area contributed by atoms with Crippen molar-refractivity contribution in [1.29, 1.82) is 0 Å². The molecule has 0 spiro atoms. The molecule has 0 saturated carbocycles. The predicted octanol–water partition coefficient (Wildman–Crippen LogP) is 14.2. The Kier molecular flexibility index (Phi) is 14.5. The van der Waals surface area contributed by atoms with Crippen LogP contribution >= 0.6 is 0 Å². The Hall–Kier alpha value is -9.56. The van der Waals surface area contributed by atoms with Crippen molar-refractivity contribution in [2.24, 2.45) is 0 Å². The molecule has 12 aromatic rings. The fourth-order valence-electron chi connectivity index (χ4n) is 12.7. The molecule has 416 valence electrons. The second-order valence-electron chi connectivity index (χ2n) is 22.1. The molecule has 4 N–H and O–H groups in total. The van der Waals surface area contributed by atoms with E-state index in [9.17, 15) is 20.4 Å². The number of aliphatic hydroxyl groups is 4. The van der Waals surface area contributed by atoms with Gasteiger partial charge in [0.25, 0.3) is 0 Å². The van der Waals surface area contributed by atoms with E-state index in [4.69, 9.17) is 0 Å². The molecule has 12 nitrogen and oxygen atoms in total. The Balaban J connectivity index is 0.000000104. The number of fused-ring (bicyclic) bond motifs is 12. The highest BCUT2D eigenvalue weighted by Crippen LogP contribution is 2.47. The number of nitrogens with zero attached hydrogens (tertiary/aromatic N) is 8. The summed E-state index contributed by atoms with van der Waals surface area (Å²) >= 11 is 0. The van der Waals surface area contributed by atoms with Crippen LogP contribution in [0.15, 0.2) is 244 Å². The van der Waals surface area contributed by atoms with Crippen LogP contribution in [-0.4, -0.2) is 58.6 Å². The van der Waals surface area contributed by atoms with Crippen LogP contribution in [0.2, 0.25) is 0 Å². The number of aromatic nitrogens is 8. The summed E-state index contributed by atoms with van der Waals surface area (Å²) < 4.78 is 8.80. The minimum atomic E-state index is -0.455. The van der Waals surface area contributed by atoms with Gasteiger partial charge in [-0.05, 0) is 94.5 Å². The molecule has 0 radical (unpaired) electrons. The van der Waals surface area contributed by atoms with E-state index >= 15 is 0 Å². The Labute approximate surface area is 488 Å². The van der Waals surface area contributed by atoms with Crippen molar-refractivity contribution in [2.45, 2.75) is 76.3 Å². The van der Waals surface area contributed by atoms with Crippen LogP contribution in [0, 0.1) is 0 Å². The molecule has 8 aromatic carbocycles. The minimum absolute atomic E-state index is 0.136. The molecule has 0 aliphatic carbocycles. The van der Waals surface area contributed by atoms with Crippen LogP contribution in [-0.2, 0) is 0 Å². The maximum absolute atomic E-state index is 9.82. The van der Waals surface area contributed by atoms with E-state index in [-0.39, 0.29) is 24.2 Å². The van der Waals surface area contributed by atoms with E-state index in [0.29, 0.717) is 0 Å². The van der Waals surface area contributed by atoms with Crippen molar-refractivity contribution in [1.82, 2.24) is 38.2 Å². The number of imidazole rings is 4. The fraction of sp³-hybridized carbons (Fsp3) is 0.167. The zero-order chi connectivity index (χ0) is 57.6. The van der Waals surface area contributed by atoms with Gasteiger partial charge in [0.15, 0.2) is 0 Å². The van der Waals surface area contributed by atoms with Gasteiger partial charge in [0.1, 0.15) is 0 Å². The van der Waals surface area contributed by atoms with Crippen LogP contribution in [0.5, 0.6) is 0 Å². The van der Waals surface area contributed by atoms with E-state index in [1.54, 1.807) is 27.7 Å². The molecular weight excluding hydrogens is 1040 g/mol. The second-order valence-corrected chi connectivity index (χ2v) is 22.1. The molecule has 0 unspecified atom stereocenters. The lowest BCUT2D eigenvalue weighted by Crippen LogP contribution is -2.07. The summed E-state index contributed by atoms with van der Waals surface area (Å²) in [5.74, 6) is 0. The van der Waals surface area contributed by atoms with Gasteiger partial charge in [-0.15, -0.1) is 0 Å². The van der Waals surface area contributed by atoms with E-state index in [2.05, 4.69) is 184 Å². The monoisotopic (exact) mass is 1100 g/mol. The van der Waals surface area contributed by atoms with Crippen LogP contribution in [0.4, 0.5) is 0 Å². The summed E-state index contributed by atoms with van der Waals surface area (Å²) in [7, 11) is 0. The van der Waals surface area contributed by atoms with Gasteiger partial charge in [-0.1, -0.05) is 194 Å². The minimum Gasteiger partial charge on any atom is -0.389 e. The van der Waals surface area contributed by atoms with Crippen molar-refractivity contribution < 1.29 is 20.4 Å². The molecule has 4 aliphatic heterocycles. The van der Waals surface area contributed by atoms with Crippen molar-refractivity contribution in [2.75, 3.05) is 0 Å². The third-order valence-electron chi connectivity index (χ3n) is 16.7. The van der Waals surface area contributed by atoms with Gasteiger partial charge in [-0.2, -0.15) is 0 Å². The van der Waals surface area contributed by atoms with Crippen LogP contribution in [0.3, 0.4) is 0 Å². The summed E-state index contributed by atoms with van der Waals surface area (Å²) in [6.45, 7) is 7.18. The maximum Gasteiger partial charge on any atom is 0.0959 e. The lowest BCUT2D eigenvalue weighted by Gasteiger charge is -2.17. The summed E-state index contributed by atoms with van der Waals surface area (Å²) in [4.78, 5) is 17.2. The first-order valence-corrected chi connectivity index (χ1v) is 28.6. The fourth-order valence-corrected chi connectivity index (χ4v) is 12.7. The first-order valence-electron chi connectivity index (χ1n) is 28.6. The van der Waals surface area contributed by atoms with Crippen molar-refractivity contribution in [3.05, 3.63) is 311 Å². The van der Waals surface area contributed by atoms with Gasteiger partial charge >= 0.3 is 0 Å². The highest BCUT2D eigenvalue weighted by molar-refractivity contribution is 5.74. The number of benzene rings is 8. The Morgan fingerprint density at radius 1 is 0.286 bits per heavy atom. The van der Waals surface area contributed by atoms with Crippen molar-refractivity contribution in [3.8, 4) is 45.0 Å². The Morgan fingerprint density at radius 3 is 0.714 bits per heavy atom. The predicted molar refractivity (Wildman–Crippen MR) is 328 cm³/mol. The summed E-state index contributed by atoms with van der Waals surface area (Å²) in [5, 5.41) is 39.3. The molecule has 0 fully saturated rings. The zero-order valence-electron chi connectivity index (χ0n) is 47.1. The third-order valence-corrected chi connectivity index (χ3v) is 16.7. The molecule has 0 bridgehead atoms. The standard InChI is InChI=1S/4C18H16N2O/c4*1-12(21)13-5-4-6-14(9-13)18-16-8-3-2-7-15(16)17-10-19-11-20(17)18/h4*2-12,18,21H,1H3/t2*12-,18+;2*12-,18-/m1010/s1. The summed E-state index contributed by atoms with van der Waals surface area (Å²) in [6.07, 6.45) is 13.4. The largest absolute Gasteiger partial charge is 0.389 e. The molecule has 12 heteroatoms. The van der Waals surface area contributed by atoms with Gasteiger partial charge in [0, 0.05) is 22.3 Å². The summed E-state index contributed by atoms with van der Waals surface area (Å²) in [5.41, 5.74) is 23.2. The van der Waals surface area contributed by atoms with Gasteiger partial charge in [-0.25, -0.2) is 19.9 Å². The Bertz CT molecular complexity index is 3770. The van der Waals surface area contributed by atoms with Crippen LogP contribution in [0.25, 0.3) is 45.0 Å².